The summed E-state index contributed by atoms with van der Waals surface area (Å²) >= 11 is 0. The first kappa shape index (κ1) is 15.5. The molecule has 120 valence electrons. The van der Waals surface area contributed by atoms with Gasteiger partial charge in [0.2, 0.25) is 5.91 Å². The van der Waals surface area contributed by atoms with Gasteiger partial charge in [-0.1, -0.05) is 36.8 Å². The summed E-state index contributed by atoms with van der Waals surface area (Å²) in [4.78, 5) is 14.9. The molecule has 1 aromatic carbocycles. The molecule has 4 N–H and O–H groups in total. The van der Waals surface area contributed by atoms with Crippen LogP contribution in [0.25, 0.3) is 0 Å². The summed E-state index contributed by atoms with van der Waals surface area (Å²) in [6.45, 7) is 2.86. The highest BCUT2D eigenvalue weighted by atomic mass is 16.2. The van der Waals surface area contributed by atoms with E-state index in [1.165, 1.54) is 5.56 Å². The molecular formula is C18H27N3O. The minimum Gasteiger partial charge on any atom is -0.341 e. The van der Waals surface area contributed by atoms with Crippen molar-refractivity contribution >= 4 is 5.91 Å². The number of hydrogen-bond donors (Lipinski definition) is 2. The molecule has 0 aromatic heterocycles. The normalized spacial score (nSPS) is 31.6. The molecule has 1 saturated carbocycles. The fourth-order valence-electron chi connectivity index (χ4n) is 4.25. The van der Waals surface area contributed by atoms with Crippen LogP contribution in [0, 0.1) is 17.8 Å². The largest absolute Gasteiger partial charge is 0.341 e. The third kappa shape index (κ3) is 2.90. The van der Waals surface area contributed by atoms with E-state index < -0.39 is 0 Å². The van der Waals surface area contributed by atoms with Crippen LogP contribution in [-0.4, -0.2) is 37.0 Å². The SMILES string of the molecule is NC[C@H]1CCC[C@H]1C(=O)N1C[C@@H](CN)[C@H](c2ccccc2)C1. The topological polar surface area (TPSA) is 72.4 Å². The van der Waals surface area contributed by atoms with Gasteiger partial charge in [0, 0.05) is 24.9 Å². The minimum atomic E-state index is 0.137. The van der Waals surface area contributed by atoms with Crippen LogP contribution >= 0.6 is 0 Å². The van der Waals surface area contributed by atoms with Crippen LogP contribution in [0.15, 0.2) is 30.3 Å². The smallest absolute Gasteiger partial charge is 0.226 e. The number of likely N-dealkylation sites (tertiary alicyclic amines) is 1. The number of nitrogens with two attached hydrogens (primary N) is 2. The lowest BCUT2D eigenvalue weighted by Gasteiger charge is -2.24. The molecule has 2 fully saturated rings. The lowest BCUT2D eigenvalue weighted by Crippen LogP contribution is -2.38. The van der Waals surface area contributed by atoms with Crippen molar-refractivity contribution in [3.05, 3.63) is 35.9 Å². The summed E-state index contributed by atoms with van der Waals surface area (Å²) in [5.41, 5.74) is 13.1. The molecule has 0 radical (unpaired) electrons. The van der Waals surface area contributed by atoms with E-state index in [1.807, 2.05) is 11.0 Å². The molecule has 1 aliphatic carbocycles. The second kappa shape index (κ2) is 6.80. The van der Waals surface area contributed by atoms with E-state index in [0.717, 1.165) is 32.4 Å². The molecule has 2 aliphatic rings. The maximum atomic E-state index is 12.9. The Morgan fingerprint density at radius 2 is 1.77 bits per heavy atom. The van der Waals surface area contributed by atoms with E-state index in [0.29, 0.717) is 36.8 Å². The van der Waals surface area contributed by atoms with Crippen molar-refractivity contribution in [3.63, 3.8) is 0 Å². The van der Waals surface area contributed by atoms with Gasteiger partial charge in [-0.25, -0.2) is 0 Å². The molecule has 0 spiro atoms. The minimum absolute atomic E-state index is 0.137. The average Bonchev–Trinajstić information content (AvgIpc) is 3.21. The van der Waals surface area contributed by atoms with E-state index in [1.54, 1.807) is 0 Å². The Hall–Kier alpha value is -1.39. The summed E-state index contributed by atoms with van der Waals surface area (Å²) in [6.07, 6.45) is 3.23. The molecule has 1 aromatic rings. The van der Waals surface area contributed by atoms with Crippen LogP contribution in [0.1, 0.15) is 30.7 Å². The third-order valence-electron chi connectivity index (χ3n) is 5.56. The van der Waals surface area contributed by atoms with Crippen LogP contribution in [0.2, 0.25) is 0 Å². The van der Waals surface area contributed by atoms with Crippen molar-refractivity contribution in [2.45, 2.75) is 25.2 Å². The van der Waals surface area contributed by atoms with E-state index in [9.17, 15) is 4.79 Å². The predicted octanol–water partition coefficient (Wildman–Crippen LogP) is 1.56. The highest BCUT2D eigenvalue weighted by Gasteiger charge is 2.40. The lowest BCUT2D eigenvalue weighted by atomic mass is 9.89. The van der Waals surface area contributed by atoms with Crippen LogP contribution in [0.4, 0.5) is 0 Å². The van der Waals surface area contributed by atoms with Gasteiger partial charge in [0.05, 0.1) is 0 Å². The van der Waals surface area contributed by atoms with Gasteiger partial charge in [-0.2, -0.15) is 0 Å². The Labute approximate surface area is 132 Å². The van der Waals surface area contributed by atoms with Crippen molar-refractivity contribution in [3.8, 4) is 0 Å². The Morgan fingerprint density at radius 3 is 2.45 bits per heavy atom. The van der Waals surface area contributed by atoms with Crippen molar-refractivity contribution in [2.75, 3.05) is 26.2 Å². The monoisotopic (exact) mass is 301 g/mol. The number of carbonyl (C=O) groups excluding carboxylic acids is 1. The summed E-state index contributed by atoms with van der Waals surface area (Å²) in [7, 11) is 0. The zero-order valence-electron chi connectivity index (χ0n) is 13.2. The maximum Gasteiger partial charge on any atom is 0.226 e. The molecule has 0 unspecified atom stereocenters. The van der Waals surface area contributed by atoms with Gasteiger partial charge in [0.1, 0.15) is 0 Å². The van der Waals surface area contributed by atoms with Crippen LogP contribution in [0.3, 0.4) is 0 Å². The number of rotatable bonds is 4. The van der Waals surface area contributed by atoms with Crippen molar-refractivity contribution in [1.29, 1.82) is 0 Å². The number of carbonyl (C=O) groups is 1. The fraction of sp³-hybridized carbons (Fsp3) is 0.611. The molecule has 1 heterocycles. The summed E-state index contributed by atoms with van der Waals surface area (Å²) in [5, 5.41) is 0. The molecular weight excluding hydrogens is 274 g/mol. The Bertz CT molecular complexity index is 504. The highest BCUT2D eigenvalue weighted by Crippen LogP contribution is 2.37. The number of nitrogens with zero attached hydrogens (tertiary/aromatic N) is 1. The average molecular weight is 301 g/mol. The van der Waals surface area contributed by atoms with Crippen molar-refractivity contribution in [1.82, 2.24) is 4.90 Å². The first-order valence-corrected chi connectivity index (χ1v) is 8.48. The quantitative estimate of drug-likeness (QED) is 0.886. The van der Waals surface area contributed by atoms with Gasteiger partial charge in [0.25, 0.3) is 0 Å². The van der Waals surface area contributed by atoms with Gasteiger partial charge in [-0.05, 0) is 43.3 Å². The fourth-order valence-corrected chi connectivity index (χ4v) is 4.25. The first-order valence-electron chi connectivity index (χ1n) is 8.48. The Balaban J connectivity index is 1.72. The van der Waals surface area contributed by atoms with Crippen LogP contribution in [0.5, 0.6) is 0 Å². The molecule has 4 nitrogen and oxygen atoms in total. The first-order chi connectivity index (χ1) is 10.7. The maximum absolute atomic E-state index is 12.9. The third-order valence-corrected chi connectivity index (χ3v) is 5.56. The second-order valence-corrected chi connectivity index (χ2v) is 6.79. The number of benzene rings is 1. The summed E-state index contributed by atoms with van der Waals surface area (Å²) in [6, 6.07) is 10.5. The molecule has 1 aliphatic heterocycles. The summed E-state index contributed by atoms with van der Waals surface area (Å²) in [5.74, 6) is 1.55. The molecule has 3 rings (SSSR count). The van der Waals surface area contributed by atoms with Crippen molar-refractivity contribution in [2.24, 2.45) is 29.2 Å². The van der Waals surface area contributed by atoms with Crippen LogP contribution < -0.4 is 11.5 Å². The van der Waals surface area contributed by atoms with E-state index in [4.69, 9.17) is 11.5 Å². The van der Waals surface area contributed by atoms with E-state index in [-0.39, 0.29) is 5.92 Å². The molecule has 4 heteroatoms. The molecule has 1 saturated heterocycles. The molecule has 1 amide bonds. The number of amides is 1. The van der Waals surface area contributed by atoms with E-state index >= 15 is 0 Å². The molecule has 0 bridgehead atoms. The Kier molecular flexibility index (Phi) is 4.79. The van der Waals surface area contributed by atoms with Gasteiger partial charge >= 0.3 is 0 Å². The standard InChI is InChI=1S/C18H27N3O/c19-9-14-7-4-8-16(14)18(22)21-11-15(10-20)17(12-21)13-5-2-1-3-6-13/h1-3,5-6,14-17H,4,7-12,19-20H2/t14-,15-,16-,17+/m1/s1. The second-order valence-electron chi connectivity index (χ2n) is 6.79. The van der Waals surface area contributed by atoms with Gasteiger partial charge in [0.15, 0.2) is 0 Å². The molecule has 22 heavy (non-hydrogen) atoms. The van der Waals surface area contributed by atoms with Gasteiger partial charge in [-0.15, -0.1) is 0 Å². The van der Waals surface area contributed by atoms with Crippen LogP contribution in [-0.2, 0) is 4.79 Å². The van der Waals surface area contributed by atoms with Gasteiger partial charge < -0.3 is 16.4 Å². The number of hydrogen-bond acceptors (Lipinski definition) is 3. The Morgan fingerprint density at radius 1 is 1.05 bits per heavy atom. The highest BCUT2D eigenvalue weighted by molar-refractivity contribution is 5.80. The zero-order valence-corrected chi connectivity index (χ0v) is 13.2. The van der Waals surface area contributed by atoms with Crippen molar-refractivity contribution < 1.29 is 4.79 Å². The summed E-state index contributed by atoms with van der Waals surface area (Å²) < 4.78 is 0. The predicted molar refractivity (Wildman–Crippen MR) is 88.2 cm³/mol. The van der Waals surface area contributed by atoms with E-state index in [2.05, 4.69) is 24.3 Å². The van der Waals surface area contributed by atoms with Gasteiger partial charge in [-0.3, -0.25) is 4.79 Å². The molecule has 4 atom stereocenters. The lowest BCUT2D eigenvalue weighted by molar-refractivity contribution is -0.135. The zero-order chi connectivity index (χ0) is 15.5.